The van der Waals surface area contributed by atoms with E-state index in [1.807, 2.05) is 48.3 Å². The fraction of sp³-hybridized carbons (Fsp3) is 0.200. The van der Waals surface area contributed by atoms with Gasteiger partial charge in [-0.15, -0.1) is 0 Å². The van der Waals surface area contributed by atoms with Crippen molar-refractivity contribution in [2.45, 2.75) is 12.3 Å². The van der Waals surface area contributed by atoms with Crippen molar-refractivity contribution in [2.75, 3.05) is 0 Å². The zero-order valence-corrected chi connectivity index (χ0v) is 11.1. The topological polar surface area (TPSA) is 70.9 Å². The fourth-order valence-electron chi connectivity index (χ4n) is 2.61. The van der Waals surface area contributed by atoms with Crippen molar-refractivity contribution >= 4 is 16.9 Å². The third-order valence-corrected chi connectivity index (χ3v) is 3.55. The van der Waals surface area contributed by atoms with E-state index in [1.165, 1.54) is 0 Å². The van der Waals surface area contributed by atoms with E-state index in [9.17, 15) is 9.90 Å². The van der Waals surface area contributed by atoms with Crippen LogP contribution in [0.25, 0.3) is 10.9 Å². The highest BCUT2D eigenvalue weighted by molar-refractivity contribution is 5.84. The third-order valence-electron chi connectivity index (χ3n) is 3.55. The molecule has 1 unspecified atom stereocenters. The molecule has 1 aromatic carbocycles. The van der Waals surface area contributed by atoms with Crippen molar-refractivity contribution in [1.82, 2.24) is 14.5 Å². The van der Waals surface area contributed by atoms with E-state index in [-0.39, 0.29) is 12.3 Å². The summed E-state index contributed by atoms with van der Waals surface area (Å²) in [5, 5.41) is 10.2. The van der Waals surface area contributed by atoms with Crippen LogP contribution in [0.1, 0.15) is 23.7 Å². The number of carboxylic acids is 1. The van der Waals surface area contributed by atoms with Gasteiger partial charge in [0.25, 0.3) is 0 Å². The van der Waals surface area contributed by atoms with Crippen LogP contribution in [-0.2, 0) is 11.8 Å². The summed E-state index contributed by atoms with van der Waals surface area (Å²) in [6, 6.07) is 7.89. The first-order valence-corrected chi connectivity index (χ1v) is 6.42. The predicted molar refractivity (Wildman–Crippen MR) is 75.6 cm³/mol. The van der Waals surface area contributed by atoms with Gasteiger partial charge in [-0.25, -0.2) is 4.98 Å². The second-order valence-electron chi connectivity index (χ2n) is 4.84. The Kier molecular flexibility index (Phi) is 3.02. The number of aryl methyl sites for hydroxylation is 1. The first-order chi connectivity index (χ1) is 9.66. The van der Waals surface area contributed by atoms with Gasteiger partial charge in [-0.3, -0.25) is 4.79 Å². The Bertz CT molecular complexity index is 757. The minimum Gasteiger partial charge on any atom is -0.481 e. The van der Waals surface area contributed by atoms with Crippen LogP contribution < -0.4 is 0 Å². The van der Waals surface area contributed by atoms with Gasteiger partial charge in [0.15, 0.2) is 0 Å². The fourth-order valence-corrected chi connectivity index (χ4v) is 2.61. The van der Waals surface area contributed by atoms with Crippen LogP contribution in [0.15, 0.2) is 42.9 Å². The van der Waals surface area contributed by atoms with Crippen LogP contribution in [0.4, 0.5) is 0 Å². The van der Waals surface area contributed by atoms with E-state index in [4.69, 9.17) is 0 Å². The molecule has 5 nitrogen and oxygen atoms in total. The molecule has 0 radical (unpaired) electrons. The average molecular weight is 269 g/mol. The smallest absolute Gasteiger partial charge is 0.304 e. The number of fused-ring (bicyclic) bond motifs is 1. The summed E-state index contributed by atoms with van der Waals surface area (Å²) in [5.74, 6) is -0.330. The summed E-state index contributed by atoms with van der Waals surface area (Å²) in [4.78, 5) is 18.7. The molecule has 0 spiro atoms. The molecule has 2 heterocycles. The molecule has 0 aliphatic rings. The molecule has 102 valence electrons. The van der Waals surface area contributed by atoms with Crippen molar-refractivity contribution < 1.29 is 9.90 Å². The Morgan fingerprint density at radius 3 is 2.95 bits per heavy atom. The molecular weight excluding hydrogens is 254 g/mol. The highest BCUT2D eigenvalue weighted by Crippen LogP contribution is 2.32. The Morgan fingerprint density at radius 2 is 2.25 bits per heavy atom. The molecule has 2 N–H and O–H groups in total. The molecule has 0 saturated carbocycles. The molecular formula is C15H15N3O2. The molecule has 20 heavy (non-hydrogen) atoms. The number of aromatic nitrogens is 3. The lowest BCUT2D eigenvalue weighted by Crippen LogP contribution is -2.12. The van der Waals surface area contributed by atoms with Gasteiger partial charge in [-0.05, 0) is 11.6 Å². The highest BCUT2D eigenvalue weighted by atomic mass is 16.4. The van der Waals surface area contributed by atoms with E-state index in [1.54, 1.807) is 6.20 Å². The standard InChI is InChI=1S/C15H15N3O2/c1-18-7-6-16-15(18)11(8-14(19)20)12-9-17-13-5-3-2-4-10(12)13/h2-7,9,11,17H,8H2,1H3,(H,19,20). The summed E-state index contributed by atoms with van der Waals surface area (Å²) in [5.41, 5.74) is 1.98. The van der Waals surface area contributed by atoms with Crippen LogP contribution >= 0.6 is 0 Å². The normalized spacial score (nSPS) is 12.7. The van der Waals surface area contributed by atoms with Gasteiger partial charge < -0.3 is 14.7 Å². The van der Waals surface area contributed by atoms with Crippen molar-refractivity contribution in [3.63, 3.8) is 0 Å². The molecule has 5 heteroatoms. The Hall–Kier alpha value is -2.56. The number of para-hydroxylation sites is 1. The maximum absolute atomic E-state index is 11.2. The maximum Gasteiger partial charge on any atom is 0.304 e. The molecule has 3 aromatic rings. The molecule has 0 bridgehead atoms. The average Bonchev–Trinajstić information content (AvgIpc) is 3.02. The summed E-state index contributed by atoms with van der Waals surface area (Å²) in [7, 11) is 1.88. The van der Waals surface area contributed by atoms with Gasteiger partial charge in [0.2, 0.25) is 0 Å². The molecule has 0 aliphatic heterocycles. The van der Waals surface area contributed by atoms with Crippen molar-refractivity contribution in [3.05, 3.63) is 54.2 Å². The molecule has 1 atom stereocenters. The van der Waals surface area contributed by atoms with E-state index in [2.05, 4.69) is 9.97 Å². The summed E-state index contributed by atoms with van der Waals surface area (Å²) >= 11 is 0. The van der Waals surface area contributed by atoms with E-state index < -0.39 is 5.97 Å². The maximum atomic E-state index is 11.2. The lowest BCUT2D eigenvalue weighted by molar-refractivity contribution is -0.137. The number of carboxylic acid groups (broad SMARTS) is 1. The number of benzene rings is 1. The summed E-state index contributed by atoms with van der Waals surface area (Å²) < 4.78 is 1.87. The Morgan fingerprint density at radius 1 is 1.45 bits per heavy atom. The number of aromatic amines is 1. The van der Waals surface area contributed by atoms with Gasteiger partial charge >= 0.3 is 5.97 Å². The molecule has 0 saturated heterocycles. The zero-order valence-electron chi connectivity index (χ0n) is 11.1. The van der Waals surface area contributed by atoms with Gasteiger partial charge in [0, 0.05) is 36.5 Å². The van der Waals surface area contributed by atoms with E-state index in [0.717, 1.165) is 22.3 Å². The van der Waals surface area contributed by atoms with Crippen LogP contribution in [0, 0.1) is 0 Å². The van der Waals surface area contributed by atoms with Gasteiger partial charge in [0.1, 0.15) is 5.82 Å². The van der Waals surface area contributed by atoms with Gasteiger partial charge in [-0.2, -0.15) is 0 Å². The van der Waals surface area contributed by atoms with Crippen molar-refractivity contribution in [2.24, 2.45) is 7.05 Å². The van der Waals surface area contributed by atoms with Gasteiger partial charge in [-0.1, -0.05) is 18.2 Å². The Labute approximate surface area is 115 Å². The number of nitrogens with one attached hydrogen (secondary N) is 1. The molecule has 0 fully saturated rings. The predicted octanol–water partition coefficient (Wildman–Crippen LogP) is 2.51. The SMILES string of the molecule is Cn1ccnc1C(CC(=O)O)c1c[nH]c2ccccc12. The lowest BCUT2D eigenvalue weighted by atomic mass is 9.94. The van der Waals surface area contributed by atoms with Crippen LogP contribution in [-0.4, -0.2) is 25.6 Å². The number of imidazole rings is 1. The highest BCUT2D eigenvalue weighted by Gasteiger charge is 2.24. The van der Waals surface area contributed by atoms with E-state index >= 15 is 0 Å². The number of hydrogen-bond acceptors (Lipinski definition) is 2. The Balaban J connectivity index is 2.14. The molecule has 3 rings (SSSR count). The number of H-pyrrole nitrogens is 1. The summed E-state index contributed by atoms with van der Waals surface area (Å²) in [6.45, 7) is 0. The van der Waals surface area contributed by atoms with Crippen LogP contribution in [0.2, 0.25) is 0 Å². The van der Waals surface area contributed by atoms with Crippen LogP contribution in [0.3, 0.4) is 0 Å². The largest absolute Gasteiger partial charge is 0.481 e. The van der Waals surface area contributed by atoms with Gasteiger partial charge in [0.05, 0.1) is 12.3 Å². The second kappa shape index (κ2) is 4.85. The summed E-state index contributed by atoms with van der Waals surface area (Å²) in [6.07, 6.45) is 5.43. The number of carbonyl (C=O) groups is 1. The third kappa shape index (κ3) is 2.07. The van der Waals surface area contributed by atoms with Crippen molar-refractivity contribution in [3.8, 4) is 0 Å². The number of rotatable bonds is 4. The number of aliphatic carboxylic acids is 1. The number of hydrogen-bond donors (Lipinski definition) is 2. The first kappa shape index (κ1) is 12.5. The lowest BCUT2D eigenvalue weighted by Gasteiger charge is -2.14. The molecule has 0 amide bonds. The number of nitrogens with zero attached hydrogens (tertiary/aromatic N) is 2. The molecule has 0 aliphatic carbocycles. The first-order valence-electron chi connectivity index (χ1n) is 6.42. The molecule has 2 aromatic heterocycles. The monoisotopic (exact) mass is 269 g/mol. The van der Waals surface area contributed by atoms with E-state index in [0.29, 0.717) is 0 Å². The van der Waals surface area contributed by atoms with Crippen molar-refractivity contribution in [1.29, 1.82) is 0 Å². The quantitative estimate of drug-likeness (QED) is 0.764. The van der Waals surface area contributed by atoms with Crippen LogP contribution in [0.5, 0.6) is 0 Å². The second-order valence-corrected chi connectivity index (χ2v) is 4.84. The minimum absolute atomic E-state index is 0.0205. The minimum atomic E-state index is -0.830. The zero-order chi connectivity index (χ0) is 14.1.